The minimum Gasteiger partial charge on any atom is -0.396 e. The normalized spacial score (nSPS) is 11.2. The van der Waals surface area contributed by atoms with E-state index in [2.05, 4.69) is 18.9 Å². The van der Waals surface area contributed by atoms with Crippen LogP contribution in [0.25, 0.3) is 0 Å². The van der Waals surface area contributed by atoms with Gasteiger partial charge in [0, 0.05) is 25.8 Å². The predicted octanol–water partition coefficient (Wildman–Crippen LogP) is 1.39. The smallest absolute Gasteiger partial charge is 0.0631 e. The summed E-state index contributed by atoms with van der Waals surface area (Å²) in [5.41, 5.74) is 3.53. The predicted molar refractivity (Wildman–Crippen MR) is 52.8 cm³/mol. The Morgan fingerprint density at radius 1 is 1.46 bits per heavy atom. The minimum absolute atomic E-state index is 0.193. The van der Waals surface area contributed by atoms with E-state index < -0.39 is 0 Å². The maximum absolute atomic E-state index is 8.92. The summed E-state index contributed by atoms with van der Waals surface area (Å²) >= 11 is 0. The number of rotatable bonds is 3. The number of aliphatic hydroxyl groups is 1. The Morgan fingerprint density at radius 3 is 2.54 bits per heavy atom. The van der Waals surface area contributed by atoms with Gasteiger partial charge < -0.3 is 5.11 Å². The second-order valence-corrected chi connectivity index (χ2v) is 3.70. The van der Waals surface area contributed by atoms with Gasteiger partial charge in [-0.05, 0) is 18.4 Å². The van der Waals surface area contributed by atoms with Crippen LogP contribution in [-0.4, -0.2) is 21.5 Å². The number of hydrogen-bond acceptors (Lipinski definition) is 2. The van der Waals surface area contributed by atoms with Crippen LogP contribution >= 0.6 is 0 Å². The standard InChI is InChI=1S/C10H18N2O/c1-7(2)10-8(3)11-12(4)9(10)5-6-13/h7,13H,5-6H2,1-4H3. The number of nitrogens with zero attached hydrogens (tertiary/aromatic N) is 2. The lowest BCUT2D eigenvalue weighted by Crippen LogP contribution is -2.04. The van der Waals surface area contributed by atoms with Crippen LogP contribution < -0.4 is 0 Å². The fourth-order valence-electron chi connectivity index (χ4n) is 1.88. The van der Waals surface area contributed by atoms with Crippen molar-refractivity contribution in [3.8, 4) is 0 Å². The maximum Gasteiger partial charge on any atom is 0.0631 e. The summed E-state index contributed by atoms with van der Waals surface area (Å²) in [6, 6.07) is 0. The summed E-state index contributed by atoms with van der Waals surface area (Å²) in [4.78, 5) is 0. The van der Waals surface area contributed by atoms with E-state index in [-0.39, 0.29) is 6.61 Å². The molecular weight excluding hydrogens is 164 g/mol. The largest absolute Gasteiger partial charge is 0.396 e. The third-order valence-corrected chi connectivity index (χ3v) is 2.32. The van der Waals surface area contributed by atoms with Gasteiger partial charge in [-0.2, -0.15) is 5.10 Å². The van der Waals surface area contributed by atoms with Gasteiger partial charge in [-0.1, -0.05) is 13.8 Å². The zero-order chi connectivity index (χ0) is 10.0. The quantitative estimate of drug-likeness (QED) is 0.767. The molecule has 0 atom stereocenters. The molecule has 1 heterocycles. The molecule has 0 bridgehead atoms. The summed E-state index contributed by atoms with van der Waals surface area (Å²) in [5, 5.41) is 13.3. The molecule has 1 aromatic heterocycles. The van der Waals surface area contributed by atoms with E-state index in [0.717, 1.165) is 11.4 Å². The van der Waals surface area contributed by atoms with E-state index in [0.29, 0.717) is 12.3 Å². The van der Waals surface area contributed by atoms with Crippen molar-refractivity contribution in [3.05, 3.63) is 17.0 Å². The highest BCUT2D eigenvalue weighted by atomic mass is 16.3. The molecule has 0 aromatic carbocycles. The van der Waals surface area contributed by atoms with Crippen molar-refractivity contribution in [1.29, 1.82) is 0 Å². The van der Waals surface area contributed by atoms with Crippen molar-refractivity contribution in [3.63, 3.8) is 0 Å². The summed E-state index contributed by atoms with van der Waals surface area (Å²) in [5.74, 6) is 0.482. The van der Waals surface area contributed by atoms with Gasteiger partial charge in [-0.25, -0.2) is 0 Å². The Bertz CT molecular complexity index is 289. The summed E-state index contributed by atoms with van der Waals surface area (Å²) in [6.45, 7) is 6.53. The molecule has 1 N–H and O–H groups in total. The van der Waals surface area contributed by atoms with Crippen molar-refractivity contribution in [2.75, 3.05) is 6.61 Å². The Labute approximate surface area is 79.4 Å². The molecule has 0 aliphatic heterocycles. The highest BCUT2D eigenvalue weighted by molar-refractivity contribution is 5.28. The van der Waals surface area contributed by atoms with Crippen LogP contribution in [0.2, 0.25) is 0 Å². The lowest BCUT2D eigenvalue weighted by atomic mass is 9.99. The highest BCUT2D eigenvalue weighted by Gasteiger charge is 2.14. The monoisotopic (exact) mass is 182 g/mol. The molecule has 0 aliphatic rings. The van der Waals surface area contributed by atoms with E-state index >= 15 is 0 Å². The number of hydrogen-bond donors (Lipinski definition) is 1. The first-order valence-corrected chi connectivity index (χ1v) is 4.71. The minimum atomic E-state index is 0.193. The van der Waals surface area contributed by atoms with E-state index in [1.165, 1.54) is 5.56 Å². The molecule has 0 spiro atoms. The fourth-order valence-corrected chi connectivity index (χ4v) is 1.88. The molecule has 74 valence electrons. The molecule has 13 heavy (non-hydrogen) atoms. The Balaban J connectivity index is 3.13. The lowest BCUT2D eigenvalue weighted by Gasteiger charge is -2.07. The zero-order valence-corrected chi connectivity index (χ0v) is 8.83. The van der Waals surface area contributed by atoms with Gasteiger partial charge in [0.15, 0.2) is 0 Å². The topological polar surface area (TPSA) is 38.0 Å². The molecule has 0 radical (unpaired) electrons. The first-order chi connectivity index (χ1) is 6.07. The average Bonchev–Trinajstić information content (AvgIpc) is 2.27. The maximum atomic E-state index is 8.92. The average molecular weight is 182 g/mol. The van der Waals surface area contributed by atoms with Crippen LogP contribution in [0.3, 0.4) is 0 Å². The Kier molecular flexibility index (Phi) is 3.09. The molecule has 0 saturated heterocycles. The molecule has 1 aromatic rings. The van der Waals surface area contributed by atoms with Crippen molar-refractivity contribution < 1.29 is 5.11 Å². The van der Waals surface area contributed by atoms with Gasteiger partial charge in [-0.15, -0.1) is 0 Å². The van der Waals surface area contributed by atoms with Gasteiger partial charge in [0.1, 0.15) is 0 Å². The number of aromatic nitrogens is 2. The fraction of sp³-hybridized carbons (Fsp3) is 0.700. The van der Waals surface area contributed by atoms with E-state index in [4.69, 9.17) is 5.11 Å². The summed E-state index contributed by atoms with van der Waals surface area (Å²) in [6.07, 6.45) is 0.699. The molecule has 0 amide bonds. The number of aliphatic hydroxyl groups excluding tert-OH is 1. The molecule has 3 heteroatoms. The number of aryl methyl sites for hydroxylation is 2. The van der Waals surface area contributed by atoms with E-state index in [9.17, 15) is 0 Å². The van der Waals surface area contributed by atoms with E-state index in [1.54, 1.807) is 0 Å². The Morgan fingerprint density at radius 2 is 2.08 bits per heavy atom. The van der Waals surface area contributed by atoms with Gasteiger partial charge in [-0.3, -0.25) is 4.68 Å². The van der Waals surface area contributed by atoms with Crippen LogP contribution in [0.15, 0.2) is 0 Å². The van der Waals surface area contributed by atoms with Gasteiger partial charge in [0.25, 0.3) is 0 Å². The second kappa shape index (κ2) is 3.92. The van der Waals surface area contributed by atoms with Crippen molar-refractivity contribution in [1.82, 2.24) is 9.78 Å². The van der Waals surface area contributed by atoms with Gasteiger partial charge in [0.2, 0.25) is 0 Å². The molecule has 0 saturated carbocycles. The van der Waals surface area contributed by atoms with Crippen LogP contribution in [0.5, 0.6) is 0 Å². The third-order valence-electron chi connectivity index (χ3n) is 2.32. The summed E-state index contributed by atoms with van der Waals surface area (Å²) < 4.78 is 1.88. The molecule has 0 aliphatic carbocycles. The third kappa shape index (κ3) is 1.91. The SMILES string of the molecule is Cc1nn(C)c(CCO)c1C(C)C. The molecular formula is C10H18N2O. The van der Waals surface area contributed by atoms with Crippen molar-refractivity contribution in [2.24, 2.45) is 7.05 Å². The van der Waals surface area contributed by atoms with Crippen LogP contribution in [0.1, 0.15) is 36.7 Å². The Hall–Kier alpha value is -0.830. The van der Waals surface area contributed by atoms with Crippen LogP contribution in [0.4, 0.5) is 0 Å². The lowest BCUT2D eigenvalue weighted by molar-refractivity contribution is 0.295. The second-order valence-electron chi connectivity index (χ2n) is 3.70. The van der Waals surface area contributed by atoms with Crippen LogP contribution in [-0.2, 0) is 13.5 Å². The highest BCUT2D eigenvalue weighted by Crippen LogP contribution is 2.22. The molecule has 1 rings (SSSR count). The first kappa shape index (κ1) is 10.3. The summed E-state index contributed by atoms with van der Waals surface area (Å²) in [7, 11) is 1.93. The van der Waals surface area contributed by atoms with E-state index in [1.807, 2.05) is 18.7 Å². The molecule has 3 nitrogen and oxygen atoms in total. The van der Waals surface area contributed by atoms with Crippen LogP contribution in [0, 0.1) is 6.92 Å². The van der Waals surface area contributed by atoms with Gasteiger partial charge in [0.05, 0.1) is 5.69 Å². The van der Waals surface area contributed by atoms with Gasteiger partial charge >= 0.3 is 0 Å². The van der Waals surface area contributed by atoms with Crippen molar-refractivity contribution >= 4 is 0 Å². The molecule has 0 unspecified atom stereocenters. The zero-order valence-electron chi connectivity index (χ0n) is 8.83. The van der Waals surface area contributed by atoms with Crippen molar-refractivity contribution in [2.45, 2.75) is 33.1 Å². The first-order valence-electron chi connectivity index (χ1n) is 4.71. The molecule has 0 fully saturated rings.